The molecule has 0 amide bonds. The van der Waals surface area contributed by atoms with Crippen LogP contribution in [0.25, 0.3) is 0 Å². The third kappa shape index (κ3) is 1.69. The van der Waals surface area contributed by atoms with E-state index in [-0.39, 0.29) is 13.2 Å². The van der Waals surface area contributed by atoms with Crippen molar-refractivity contribution in [2.75, 3.05) is 13.2 Å². The quantitative estimate of drug-likeness (QED) is 0.285. The van der Waals surface area contributed by atoms with Gasteiger partial charge in [-0.15, -0.1) is 0 Å². The Labute approximate surface area is 64.3 Å². The van der Waals surface area contributed by atoms with Crippen molar-refractivity contribution >= 4 is 0 Å². The van der Waals surface area contributed by atoms with E-state index in [1.165, 1.54) is 0 Å². The van der Waals surface area contributed by atoms with Crippen molar-refractivity contribution in [1.29, 1.82) is 0 Å². The Morgan fingerprint density at radius 2 is 1.82 bits per heavy atom. The normalized spacial score (nSPS) is 45.8. The zero-order valence-corrected chi connectivity index (χ0v) is 6.01. The van der Waals surface area contributed by atoms with Gasteiger partial charge in [0.25, 0.3) is 0 Å². The van der Waals surface area contributed by atoms with Gasteiger partial charge in [0.1, 0.15) is 6.10 Å². The first-order valence-corrected chi connectivity index (χ1v) is 3.55. The van der Waals surface area contributed by atoms with Gasteiger partial charge in [-0.05, 0) is 0 Å². The lowest BCUT2D eigenvalue weighted by Crippen LogP contribution is -2.60. The van der Waals surface area contributed by atoms with Crippen molar-refractivity contribution in [2.45, 2.75) is 24.4 Å². The van der Waals surface area contributed by atoms with Gasteiger partial charge in [-0.1, -0.05) is 0 Å². The van der Waals surface area contributed by atoms with Crippen LogP contribution in [0.2, 0.25) is 0 Å². The summed E-state index contributed by atoms with van der Waals surface area (Å²) in [6.07, 6.45) is -3.20. The maximum atomic E-state index is 9.18. The van der Waals surface area contributed by atoms with Crippen LogP contribution in [-0.4, -0.2) is 57.9 Å². The molecule has 5 N–H and O–H groups in total. The van der Waals surface area contributed by atoms with E-state index in [9.17, 15) is 5.11 Å². The molecule has 11 heavy (non-hydrogen) atoms. The van der Waals surface area contributed by atoms with E-state index in [1.54, 1.807) is 0 Å². The van der Waals surface area contributed by atoms with E-state index >= 15 is 0 Å². The lowest BCUT2D eigenvalue weighted by molar-refractivity contribution is -0.101. The van der Waals surface area contributed by atoms with E-state index < -0.39 is 24.4 Å². The van der Waals surface area contributed by atoms with Gasteiger partial charge in [-0.3, -0.25) is 0 Å². The van der Waals surface area contributed by atoms with Gasteiger partial charge in [-0.2, -0.15) is 0 Å². The molecule has 5 nitrogen and oxygen atoms in total. The first kappa shape index (κ1) is 8.89. The van der Waals surface area contributed by atoms with Gasteiger partial charge < -0.3 is 25.7 Å². The second kappa shape index (κ2) is 3.46. The molecule has 0 aromatic heterocycles. The van der Waals surface area contributed by atoms with Gasteiger partial charge in [0, 0.05) is 6.54 Å². The Kier molecular flexibility index (Phi) is 2.80. The number of β-amino-alcohol motifs (C(OH)–C–C–N with tert-alkyl or cyclic N) is 1. The SMILES string of the molecule is OC[C@H]1NCC(O)[C@@H](O)[C@@H]1O. The average molecular weight is 163 g/mol. The van der Waals surface area contributed by atoms with E-state index in [4.69, 9.17) is 15.3 Å². The minimum Gasteiger partial charge on any atom is -0.395 e. The van der Waals surface area contributed by atoms with Crippen LogP contribution in [0.5, 0.6) is 0 Å². The maximum absolute atomic E-state index is 9.18. The smallest absolute Gasteiger partial charge is 0.109 e. The average Bonchev–Trinajstić information content (AvgIpc) is 2.01. The largest absolute Gasteiger partial charge is 0.395 e. The second-order valence-corrected chi connectivity index (χ2v) is 2.75. The third-order valence-corrected chi connectivity index (χ3v) is 1.94. The molecule has 66 valence electrons. The van der Waals surface area contributed by atoms with Crippen LogP contribution >= 0.6 is 0 Å². The van der Waals surface area contributed by atoms with Crippen LogP contribution in [0.3, 0.4) is 0 Å². The standard InChI is InChI=1S/C6H13NO4/c8-2-3-5(10)6(11)4(9)1-7-3/h3-11H,1-2H2/t3-,4?,5-,6-/m1/s1. The van der Waals surface area contributed by atoms with Gasteiger partial charge >= 0.3 is 0 Å². The predicted molar refractivity (Wildman–Crippen MR) is 36.9 cm³/mol. The van der Waals surface area contributed by atoms with Crippen molar-refractivity contribution < 1.29 is 20.4 Å². The molecule has 1 aliphatic heterocycles. The molecule has 0 spiro atoms. The molecular weight excluding hydrogens is 150 g/mol. The fourth-order valence-electron chi connectivity index (χ4n) is 1.15. The fourth-order valence-corrected chi connectivity index (χ4v) is 1.15. The molecule has 1 unspecified atom stereocenters. The first-order valence-electron chi connectivity index (χ1n) is 3.55. The number of aliphatic hydroxyl groups is 4. The van der Waals surface area contributed by atoms with Crippen LogP contribution in [0, 0.1) is 0 Å². The number of nitrogens with one attached hydrogen (secondary N) is 1. The summed E-state index contributed by atoms with van der Waals surface area (Å²) in [5.41, 5.74) is 0. The topological polar surface area (TPSA) is 93.0 Å². The number of piperidine rings is 1. The molecular formula is C6H13NO4. The minimum atomic E-state index is -1.16. The zero-order chi connectivity index (χ0) is 8.43. The van der Waals surface area contributed by atoms with E-state index in [1.807, 2.05) is 0 Å². The third-order valence-electron chi connectivity index (χ3n) is 1.94. The number of aliphatic hydroxyl groups excluding tert-OH is 4. The molecule has 5 heteroatoms. The molecule has 1 rings (SSSR count). The highest BCUT2D eigenvalue weighted by Crippen LogP contribution is 2.09. The Morgan fingerprint density at radius 1 is 1.18 bits per heavy atom. The lowest BCUT2D eigenvalue weighted by Gasteiger charge is -2.34. The maximum Gasteiger partial charge on any atom is 0.109 e. The Morgan fingerprint density at radius 3 is 2.36 bits per heavy atom. The van der Waals surface area contributed by atoms with Crippen LogP contribution < -0.4 is 5.32 Å². The van der Waals surface area contributed by atoms with Crippen LogP contribution in [0.4, 0.5) is 0 Å². The highest BCUT2D eigenvalue weighted by molar-refractivity contribution is 4.91. The molecule has 4 atom stereocenters. The van der Waals surface area contributed by atoms with Crippen molar-refractivity contribution in [2.24, 2.45) is 0 Å². The predicted octanol–water partition coefficient (Wildman–Crippen LogP) is -2.97. The number of rotatable bonds is 1. The summed E-state index contributed by atoms with van der Waals surface area (Å²) in [5, 5.41) is 38.6. The zero-order valence-electron chi connectivity index (χ0n) is 6.01. The minimum absolute atomic E-state index is 0.198. The number of hydrogen-bond acceptors (Lipinski definition) is 5. The van der Waals surface area contributed by atoms with Crippen molar-refractivity contribution in [3.63, 3.8) is 0 Å². The van der Waals surface area contributed by atoms with Crippen molar-refractivity contribution in [3.05, 3.63) is 0 Å². The van der Waals surface area contributed by atoms with Crippen molar-refractivity contribution in [3.8, 4) is 0 Å². The Hall–Kier alpha value is -0.200. The van der Waals surface area contributed by atoms with Crippen LogP contribution in [0.1, 0.15) is 0 Å². The van der Waals surface area contributed by atoms with E-state index in [2.05, 4.69) is 5.32 Å². The molecule has 0 aliphatic carbocycles. The highest BCUT2D eigenvalue weighted by atomic mass is 16.4. The molecule has 1 saturated heterocycles. The monoisotopic (exact) mass is 163 g/mol. The molecule has 1 aliphatic rings. The first-order chi connectivity index (χ1) is 5.16. The van der Waals surface area contributed by atoms with Gasteiger partial charge in [0.2, 0.25) is 0 Å². The summed E-state index contributed by atoms with van der Waals surface area (Å²) in [7, 11) is 0. The van der Waals surface area contributed by atoms with Crippen LogP contribution in [0.15, 0.2) is 0 Å². The molecule has 1 fully saturated rings. The summed E-state index contributed by atoms with van der Waals surface area (Å²) >= 11 is 0. The van der Waals surface area contributed by atoms with Crippen molar-refractivity contribution in [1.82, 2.24) is 5.32 Å². The summed E-state index contributed by atoms with van der Waals surface area (Å²) in [5.74, 6) is 0. The van der Waals surface area contributed by atoms with Crippen LogP contribution in [-0.2, 0) is 0 Å². The molecule has 0 bridgehead atoms. The summed E-state index contributed by atoms with van der Waals surface area (Å²) in [4.78, 5) is 0. The lowest BCUT2D eigenvalue weighted by atomic mass is 9.97. The molecule has 1 heterocycles. The molecule has 0 aromatic carbocycles. The van der Waals surface area contributed by atoms with E-state index in [0.29, 0.717) is 0 Å². The number of hydrogen-bond donors (Lipinski definition) is 5. The Balaban J connectivity index is 2.52. The highest BCUT2D eigenvalue weighted by Gasteiger charge is 2.35. The van der Waals surface area contributed by atoms with Gasteiger partial charge in [0.15, 0.2) is 0 Å². The van der Waals surface area contributed by atoms with E-state index in [0.717, 1.165) is 0 Å². The summed E-state index contributed by atoms with van der Waals surface area (Å²) < 4.78 is 0. The molecule has 0 saturated carbocycles. The van der Waals surface area contributed by atoms with Gasteiger partial charge in [0.05, 0.1) is 24.9 Å². The summed E-state index contributed by atoms with van der Waals surface area (Å²) in [6.45, 7) is -0.0472. The summed E-state index contributed by atoms with van der Waals surface area (Å²) in [6, 6.07) is -0.534. The Bertz CT molecular complexity index is 130. The molecule has 0 aromatic rings. The second-order valence-electron chi connectivity index (χ2n) is 2.75. The van der Waals surface area contributed by atoms with Gasteiger partial charge in [-0.25, -0.2) is 0 Å². The fraction of sp³-hybridized carbons (Fsp3) is 1.00. The molecule has 0 radical (unpaired) electrons.